The summed E-state index contributed by atoms with van der Waals surface area (Å²) in [5.74, 6) is 0. The van der Waals surface area contributed by atoms with Crippen molar-refractivity contribution >= 4 is 0 Å². The molecular formula is C17H36N2O2. The number of nitrogens with zero attached hydrogens (tertiary/aromatic N) is 1. The van der Waals surface area contributed by atoms with E-state index in [0.29, 0.717) is 6.10 Å². The molecule has 0 aromatic heterocycles. The number of rotatable bonds is 11. The highest BCUT2D eigenvalue weighted by atomic mass is 16.5. The minimum Gasteiger partial charge on any atom is -0.394 e. The molecule has 2 atom stereocenters. The Balaban J connectivity index is 2.25. The van der Waals surface area contributed by atoms with Crippen LogP contribution in [0.5, 0.6) is 0 Å². The highest BCUT2D eigenvalue weighted by Crippen LogP contribution is 2.18. The molecule has 21 heavy (non-hydrogen) atoms. The van der Waals surface area contributed by atoms with Crippen molar-refractivity contribution in [2.75, 3.05) is 39.9 Å². The second-order valence-corrected chi connectivity index (χ2v) is 6.57. The van der Waals surface area contributed by atoms with Gasteiger partial charge in [-0.25, -0.2) is 0 Å². The SMILES string of the molecule is CCCNC(CC)(CO)CCCN(C)CC1CCCCO1. The molecule has 1 aliphatic heterocycles. The second-order valence-electron chi connectivity index (χ2n) is 6.57. The van der Waals surface area contributed by atoms with Gasteiger partial charge in [-0.1, -0.05) is 13.8 Å². The van der Waals surface area contributed by atoms with Gasteiger partial charge in [0.25, 0.3) is 0 Å². The first kappa shape index (κ1) is 18.9. The van der Waals surface area contributed by atoms with Crippen molar-refractivity contribution in [2.24, 2.45) is 0 Å². The van der Waals surface area contributed by atoms with Crippen LogP contribution in [0.25, 0.3) is 0 Å². The number of hydrogen-bond donors (Lipinski definition) is 2. The quantitative estimate of drug-likeness (QED) is 0.615. The summed E-state index contributed by atoms with van der Waals surface area (Å²) in [6, 6.07) is 0. The topological polar surface area (TPSA) is 44.7 Å². The smallest absolute Gasteiger partial charge is 0.0701 e. The Labute approximate surface area is 131 Å². The van der Waals surface area contributed by atoms with E-state index >= 15 is 0 Å². The monoisotopic (exact) mass is 300 g/mol. The Morgan fingerprint density at radius 3 is 2.71 bits per heavy atom. The number of likely N-dealkylation sites (N-methyl/N-ethyl adjacent to an activating group) is 1. The zero-order valence-corrected chi connectivity index (χ0v) is 14.4. The third kappa shape index (κ3) is 7.09. The number of aliphatic hydroxyl groups excluding tert-OH is 1. The van der Waals surface area contributed by atoms with E-state index in [4.69, 9.17) is 4.74 Å². The van der Waals surface area contributed by atoms with Crippen molar-refractivity contribution in [3.8, 4) is 0 Å². The summed E-state index contributed by atoms with van der Waals surface area (Å²) in [6.07, 6.45) is 8.42. The molecule has 2 unspecified atom stereocenters. The van der Waals surface area contributed by atoms with Gasteiger partial charge in [0, 0.05) is 18.7 Å². The lowest BCUT2D eigenvalue weighted by Crippen LogP contribution is -2.48. The van der Waals surface area contributed by atoms with E-state index in [-0.39, 0.29) is 12.1 Å². The van der Waals surface area contributed by atoms with Gasteiger partial charge in [-0.15, -0.1) is 0 Å². The van der Waals surface area contributed by atoms with Gasteiger partial charge in [0.2, 0.25) is 0 Å². The van der Waals surface area contributed by atoms with Crippen molar-refractivity contribution in [1.82, 2.24) is 10.2 Å². The Bertz CT molecular complexity index is 251. The van der Waals surface area contributed by atoms with Gasteiger partial charge in [0.05, 0.1) is 12.7 Å². The minimum absolute atomic E-state index is 0.0851. The maximum Gasteiger partial charge on any atom is 0.0701 e. The number of hydrogen-bond acceptors (Lipinski definition) is 4. The average molecular weight is 300 g/mol. The Hall–Kier alpha value is -0.160. The third-order valence-corrected chi connectivity index (χ3v) is 4.71. The first-order valence-corrected chi connectivity index (χ1v) is 8.82. The predicted molar refractivity (Wildman–Crippen MR) is 88.7 cm³/mol. The molecule has 0 spiro atoms. The largest absolute Gasteiger partial charge is 0.394 e. The maximum absolute atomic E-state index is 9.73. The fourth-order valence-electron chi connectivity index (χ4n) is 3.10. The van der Waals surface area contributed by atoms with Crippen molar-refractivity contribution in [3.63, 3.8) is 0 Å². The van der Waals surface area contributed by atoms with Crippen LogP contribution < -0.4 is 5.32 Å². The van der Waals surface area contributed by atoms with Gasteiger partial charge in [0.1, 0.15) is 0 Å². The fraction of sp³-hybridized carbons (Fsp3) is 1.00. The van der Waals surface area contributed by atoms with Gasteiger partial charge in [0.15, 0.2) is 0 Å². The summed E-state index contributed by atoms with van der Waals surface area (Å²) in [5.41, 5.74) is -0.0851. The highest BCUT2D eigenvalue weighted by Gasteiger charge is 2.26. The first-order chi connectivity index (χ1) is 10.2. The lowest BCUT2D eigenvalue weighted by Gasteiger charge is -2.33. The van der Waals surface area contributed by atoms with E-state index in [0.717, 1.165) is 51.9 Å². The minimum atomic E-state index is -0.0851. The van der Waals surface area contributed by atoms with E-state index in [1.54, 1.807) is 0 Å². The van der Waals surface area contributed by atoms with Crippen LogP contribution in [-0.4, -0.2) is 61.5 Å². The van der Waals surface area contributed by atoms with Gasteiger partial charge < -0.3 is 20.1 Å². The average Bonchev–Trinajstić information content (AvgIpc) is 2.52. The van der Waals surface area contributed by atoms with Crippen molar-refractivity contribution < 1.29 is 9.84 Å². The van der Waals surface area contributed by atoms with E-state index in [9.17, 15) is 5.11 Å². The van der Waals surface area contributed by atoms with Crippen LogP contribution in [-0.2, 0) is 4.74 Å². The fourth-order valence-corrected chi connectivity index (χ4v) is 3.10. The summed E-state index contributed by atoms with van der Waals surface area (Å²) < 4.78 is 5.80. The first-order valence-electron chi connectivity index (χ1n) is 8.82. The van der Waals surface area contributed by atoms with Crippen molar-refractivity contribution in [2.45, 2.75) is 70.4 Å². The van der Waals surface area contributed by atoms with Crippen LogP contribution in [0.1, 0.15) is 58.8 Å². The molecule has 2 N–H and O–H groups in total. The molecule has 0 aliphatic carbocycles. The van der Waals surface area contributed by atoms with E-state index in [1.807, 2.05) is 0 Å². The molecule has 0 saturated carbocycles. The van der Waals surface area contributed by atoms with Crippen LogP contribution in [0, 0.1) is 0 Å². The number of ether oxygens (including phenoxy) is 1. The maximum atomic E-state index is 9.73. The van der Waals surface area contributed by atoms with Crippen molar-refractivity contribution in [1.29, 1.82) is 0 Å². The van der Waals surface area contributed by atoms with Crippen LogP contribution in [0.15, 0.2) is 0 Å². The molecule has 0 bridgehead atoms. The molecule has 0 aromatic rings. The molecule has 4 nitrogen and oxygen atoms in total. The number of aliphatic hydroxyl groups is 1. The molecule has 1 heterocycles. The van der Waals surface area contributed by atoms with Crippen LogP contribution in [0.4, 0.5) is 0 Å². The summed E-state index contributed by atoms with van der Waals surface area (Å²) in [7, 11) is 2.18. The van der Waals surface area contributed by atoms with E-state index < -0.39 is 0 Å². The lowest BCUT2D eigenvalue weighted by atomic mass is 9.91. The molecule has 0 aromatic carbocycles. The molecule has 0 radical (unpaired) electrons. The van der Waals surface area contributed by atoms with Gasteiger partial charge in [-0.3, -0.25) is 0 Å². The van der Waals surface area contributed by atoms with Crippen LogP contribution >= 0.6 is 0 Å². The summed E-state index contributed by atoms with van der Waals surface area (Å²) >= 11 is 0. The molecule has 1 fully saturated rings. The van der Waals surface area contributed by atoms with Gasteiger partial charge >= 0.3 is 0 Å². The summed E-state index contributed by atoms with van der Waals surface area (Å²) in [5, 5.41) is 13.3. The lowest BCUT2D eigenvalue weighted by molar-refractivity contribution is -0.00203. The highest BCUT2D eigenvalue weighted by molar-refractivity contribution is 4.86. The molecule has 1 rings (SSSR count). The Kier molecular flexibility index (Phi) is 9.49. The van der Waals surface area contributed by atoms with Gasteiger partial charge in [-0.2, -0.15) is 0 Å². The molecule has 4 heteroatoms. The zero-order valence-electron chi connectivity index (χ0n) is 14.4. The van der Waals surface area contributed by atoms with Crippen molar-refractivity contribution in [3.05, 3.63) is 0 Å². The molecule has 0 amide bonds. The van der Waals surface area contributed by atoms with E-state index in [1.165, 1.54) is 19.3 Å². The van der Waals surface area contributed by atoms with Gasteiger partial charge in [-0.05, 0) is 65.1 Å². The second kappa shape index (κ2) is 10.5. The predicted octanol–water partition coefficient (Wildman–Crippen LogP) is 2.41. The Morgan fingerprint density at radius 2 is 2.14 bits per heavy atom. The number of nitrogens with one attached hydrogen (secondary N) is 1. The summed E-state index contributed by atoms with van der Waals surface area (Å²) in [4.78, 5) is 2.38. The van der Waals surface area contributed by atoms with E-state index in [2.05, 4.69) is 31.1 Å². The Morgan fingerprint density at radius 1 is 1.33 bits per heavy atom. The zero-order chi connectivity index (χ0) is 15.6. The van der Waals surface area contributed by atoms with Crippen LogP contribution in [0.2, 0.25) is 0 Å². The molecule has 1 saturated heterocycles. The normalized spacial score (nSPS) is 22.4. The summed E-state index contributed by atoms with van der Waals surface area (Å²) in [6.45, 7) is 8.61. The third-order valence-electron chi connectivity index (χ3n) is 4.71. The molecule has 1 aliphatic rings. The van der Waals surface area contributed by atoms with Crippen LogP contribution in [0.3, 0.4) is 0 Å². The molecule has 126 valence electrons. The molecular weight excluding hydrogens is 264 g/mol. The standard InChI is InChI=1S/C17H36N2O2/c1-4-11-18-17(5-2,15-20)10-8-12-19(3)14-16-9-6-7-13-21-16/h16,18,20H,4-15H2,1-3H3.